The van der Waals surface area contributed by atoms with Gasteiger partial charge in [-0.1, -0.05) is 61.7 Å². The van der Waals surface area contributed by atoms with Crippen molar-refractivity contribution < 1.29 is 19.4 Å². The summed E-state index contributed by atoms with van der Waals surface area (Å²) in [6.07, 6.45) is 13.0. The molecule has 4 aromatic rings. The highest BCUT2D eigenvalue weighted by molar-refractivity contribution is 6.00. The van der Waals surface area contributed by atoms with Gasteiger partial charge in [0.2, 0.25) is 5.91 Å². The molecule has 1 saturated heterocycles. The molecule has 43 heavy (non-hydrogen) atoms. The van der Waals surface area contributed by atoms with Crippen LogP contribution in [0.3, 0.4) is 0 Å². The Kier molecular flexibility index (Phi) is 7.52. The number of nitrogens with zero attached hydrogens (tertiary/aromatic N) is 2. The van der Waals surface area contributed by atoms with Crippen molar-refractivity contribution in [3.05, 3.63) is 83.4 Å². The normalized spacial score (nSPS) is 17.3. The highest BCUT2D eigenvalue weighted by atomic mass is 16.5. The zero-order valence-electron chi connectivity index (χ0n) is 24.6. The fourth-order valence-corrected chi connectivity index (χ4v) is 7.43. The zero-order valence-corrected chi connectivity index (χ0v) is 24.6. The fraction of sp³-hybridized carbons (Fsp3) is 0.351. The standard InChI is InChI=1S/C37H38N2O4/c40-33(38-20-7-2-8-21-38)19-17-25-10-5-6-13-28(25)29-14-9-15-31-35-34(26-11-3-1-4-12-26)30-18-16-27(37(41)42)24-32(30)39(35)22-23-43-36(29)31/h5-6,9-10,13-19,24,26H,1-4,7-8,11-12,20-23H2,(H,41,42)/b19-17+. The van der Waals surface area contributed by atoms with E-state index in [4.69, 9.17) is 4.74 Å². The Hall–Kier alpha value is -4.32. The SMILES string of the molecule is O=C(O)c1ccc2c(C3CCCCC3)c3n(c2c1)CCOc1c(-c2ccccc2/C=C/C(=O)N2CCCCC2)cccc1-3. The third-order valence-corrected chi connectivity index (χ3v) is 9.52. The molecule has 2 aliphatic heterocycles. The number of carbonyl (C=O) groups is 2. The number of carboxylic acid groups (broad SMARTS) is 1. The minimum Gasteiger partial charge on any atom is -0.490 e. The number of para-hydroxylation sites is 1. The molecule has 1 aliphatic carbocycles. The third kappa shape index (κ3) is 5.13. The maximum absolute atomic E-state index is 12.9. The maximum Gasteiger partial charge on any atom is 0.335 e. The van der Waals surface area contributed by atoms with Gasteiger partial charge in [0.25, 0.3) is 0 Å². The Bertz CT molecular complexity index is 1720. The van der Waals surface area contributed by atoms with E-state index >= 15 is 0 Å². The largest absolute Gasteiger partial charge is 0.490 e. The molecular weight excluding hydrogens is 536 g/mol. The molecule has 0 bridgehead atoms. The van der Waals surface area contributed by atoms with Gasteiger partial charge in [-0.05, 0) is 79.0 Å². The van der Waals surface area contributed by atoms with E-state index < -0.39 is 5.97 Å². The molecule has 6 nitrogen and oxygen atoms in total. The quantitative estimate of drug-likeness (QED) is 0.244. The Morgan fingerprint density at radius 1 is 0.814 bits per heavy atom. The number of carboxylic acids is 1. The second kappa shape index (κ2) is 11.8. The van der Waals surface area contributed by atoms with Crippen molar-refractivity contribution in [2.75, 3.05) is 19.7 Å². The van der Waals surface area contributed by atoms with Crippen LogP contribution in [0, 0.1) is 0 Å². The molecule has 3 aromatic carbocycles. The van der Waals surface area contributed by atoms with Gasteiger partial charge in [-0.2, -0.15) is 0 Å². The van der Waals surface area contributed by atoms with Gasteiger partial charge in [0.15, 0.2) is 0 Å². The first-order valence-corrected chi connectivity index (χ1v) is 15.8. The highest BCUT2D eigenvalue weighted by Gasteiger charge is 2.30. The molecule has 2 fully saturated rings. The summed E-state index contributed by atoms with van der Waals surface area (Å²) in [5.74, 6) is 0.434. The van der Waals surface area contributed by atoms with Crippen molar-refractivity contribution in [3.8, 4) is 28.1 Å². The Balaban J connectivity index is 1.37. The number of aromatic nitrogens is 1. The molecule has 0 spiro atoms. The van der Waals surface area contributed by atoms with Gasteiger partial charge < -0.3 is 19.3 Å². The Morgan fingerprint density at radius 3 is 2.37 bits per heavy atom. The summed E-state index contributed by atoms with van der Waals surface area (Å²) in [5, 5.41) is 11.0. The molecule has 1 amide bonds. The monoisotopic (exact) mass is 574 g/mol. The van der Waals surface area contributed by atoms with Gasteiger partial charge in [0.05, 0.1) is 17.8 Å². The lowest BCUT2D eigenvalue weighted by Gasteiger charge is -2.25. The smallest absolute Gasteiger partial charge is 0.335 e. The summed E-state index contributed by atoms with van der Waals surface area (Å²) in [4.78, 5) is 26.8. The van der Waals surface area contributed by atoms with Crippen molar-refractivity contribution in [2.45, 2.75) is 63.8 Å². The van der Waals surface area contributed by atoms with Gasteiger partial charge in [-0.25, -0.2) is 4.79 Å². The van der Waals surface area contributed by atoms with Gasteiger partial charge in [-0.3, -0.25) is 4.79 Å². The number of hydrogen-bond donors (Lipinski definition) is 1. The van der Waals surface area contributed by atoms with Crippen LogP contribution in [0.2, 0.25) is 0 Å². The van der Waals surface area contributed by atoms with Gasteiger partial charge >= 0.3 is 5.97 Å². The first-order valence-electron chi connectivity index (χ1n) is 15.8. The van der Waals surface area contributed by atoms with E-state index in [2.05, 4.69) is 34.9 Å². The van der Waals surface area contributed by atoms with Crippen molar-refractivity contribution in [1.82, 2.24) is 9.47 Å². The number of ether oxygens (including phenoxy) is 1. The first-order chi connectivity index (χ1) is 21.1. The zero-order chi connectivity index (χ0) is 29.3. The number of aromatic carboxylic acids is 1. The number of benzene rings is 3. The molecular formula is C37H38N2O4. The Labute approximate surface area is 252 Å². The summed E-state index contributed by atoms with van der Waals surface area (Å²) in [7, 11) is 0. The molecule has 0 atom stereocenters. The van der Waals surface area contributed by atoms with E-state index in [9.17, 15) is 14.7 Å². The predicted molar refractivity (Wildman–Crippen MR) is 171 cm³/mol. The highest BCUT2D eigenvalue weighted by Crippen LogP contribution is 2.49. The fourth-order valence-electron chi connectivity index (χ4n) is 7.43. The Morgan fingerprint density at radius 2 is 1.56 bits per heavy atom. The summed E-state index contributed by atoms with van der Waals surface area (Å²) < 4.78 is 8.88. The number of likely N-dealkylation sites (tertiary alicyclic amines) is 1. The third-order valence-electron chi connectivity index (χ3n) is 9.52. The molecule has 6 heteroatoms. The lowest BCUT2D eigenvalue weighted by Crippen LogP contribution is -2.34. The van der Waals surface area contributed by atoms with E-state index in [0.29, 0.717) is 24.6 Å². The molecule has 1 N–H and O–H groups in total. The summed E-state index contributed by atoms with van der Waals surface area (Å²) in [6.45, 7) is 2.78. The maximum atomic E-state index is 12.9. The van der Waals surface area contributed by atoms with Crippen LogP contribution in [0.1, 0.15) is 78.8 Å². The molecule has 0 radical (unpaired) electrons. The average molecular weight is 575 g/mol. The summed E-state index contributed by atoms with van der Waals surface area (Å²) >= 11 is 0. The van der Waals surface area contributed by atoms with Crippen LogP contribution in [0.15, 0.2) is 66.7 Å². The van der Waals surface area contributed by atoms with Crippen LogP contribution in [0.25, 0.3) is 39.4 Å². The molecule has 7 rings (SSSR count). The molecule has 1 saturated carbocycles. The van der Waals surface area contributed by atoms with E-state index in [-0.39, 0.29) is 5.91 Å². The molecule has 1 aromatic heterocycles. The van der Waals surface area contributed by atoms with Crippen molar-refractivity contribution in [3.63, 3.8) is 0 Å². The number of rotatable bonds is 5. The minimum atomic E-state index is -0.910. The van der Waals surface area contributed by atoms with Gasteiger partial charge in [0, 0.05) is 41.2 Å². The molecule has 0 unspecified atom stereocenters. The second-order valence-electron chi connectivity index (χ2n) is 12.1. The number of carbonyl (C=O) groups excluding carboxylic acids is 1. The van der Waals surface area contributed by atoms with E-state index in [1.807, 2.05) is 35.2 Å². The number of fused-ring (bicyclic) bond motifs is 5. The van der Waals surface area contributed by atoms with Crippen molar-refractivity contribution in [1.29, 1.82) is 0 Å². The molecule has 3 aliphatic rings. The number of piperidine rings is 1. The second-order valence-corrected chi connectivity index (χ2v) is 12.1. The van der Waals surface area contributed by atoms with Crippen LogP contribution in [0.5, 0.6) is 5.75 Å². The molecule has 3 heterocycles. The minimum absolute atomic E-state index is 0.0695. The van der Waals surface area contributed by atoms with Crippen LogP contribution >= 0.6 is 0 Å². The van der Waals surface area contributed by atoms with Crippen LogP contribution in [-0.2, 0) is 11.3 Å². The number of hydrogen-bond acceptors (Lipinski definition) is 3. The van der Waals surface area contributed by atoms with E-state index in [1.165, 1.54) is 31.2 Å². The summed E-state index contributed by atoms with van der Waals surface area (Å²) in [6, 6.07) is 20.2. The summed E-state index contributed by atoms with van der Waals surface area (Å²) in [5.41, 5.74) is 7.82. The number of amides is 1. The van der Waals surface area contributed by atoms with Crippen molar-refractivity contribution >= 4 is 28.9 Å². The average Bonchev–Trinajstić information content (AvgIpc) is 3.25. The van der Waals surface area contributed by atoms with Gasteiger partial charge in [-0.15, -0.1) is 0 Å². The van der Waals surface area contributed by atoms with E-state index in [0.717, 1.165) is 83.4 Å². The van der Waals surface area contributed by atoms with Gasteiger partial charge in [0.1, 0.15) is 12.4 Å². The van der Waals surface area contributed by atoms with Crippen LogP contribution in [-0.4, -0.2) is 46.1 Å². The topological polar surface area (TPSA) is 71.8 Å². The van der Waals surface area contributed by atoms with Crippen molar-refractivity contribution in [2.24, 2.45) is 0 Å². The van der Waals surface area contributed by atoms with E-state index in [1.54, 1.807) is 12.1 Å². The first kappa shape index (κ1) is 27.5. The van der Waals surface area contributed by atoms with Crippen LogP contribution in [0.4, 0.5) is 0 Å². The lowest BCUT2D eigenvalue weighted by atomic mass is 9.81. The molecule has 220 valence electrons. The van der Waals surface area contributed by atoms with Crippen LogP contribution < -0.4 is 4.74 Å². The lowest BCUT2D eigenvalue weighted by molar-refractivity contribution is -0.126. The predicted octanol–water partition coefficient (Wildman–Crippen LogP) is 8.14.